The number of nitrogens with zero attached hydrogens (tertiary/aromatic N) is 2. The van der Waals surface area contributed by atoms with Gasteiger partial charge in [0.05, 0.1) is 12.2 Å². The van der Waals surface area contributed by atoms with Gasteiger partial charge in [-0.3, -0.25) is 4.98 Å². The summed E-state index contributed by atoms with van der Waals surface area (Å²) in [5.41, 5.74) is 1.02. The molecule has 2 aromatic rings. The Morgan fingerprint density at radius 3 is 2.59 bits per heavy atom. The third-order valence-electron chi connectivity index (χ3n) is 2.19. The quantitative estimate of drug-likeness (QED) is 0.772. The smallest absolute Gasteiger partial charge is 0.123 e. The Balaban J connectivity index is 1.93. The summed E-state index contributed by atoms with van der Waals surface area (Å²) in [6.45, 7) is 0.753. The molecule has 2 nitrogen and oxygen atoms in total. The lowest BCUT2D eigenvalue weighted by Crippen LogP contribution is -2.09. The molecule has 0 unspecified atom stereocenters. The molecule has 0 fully saturated rings. The van der Waals surface area contributed by atoms with Crippen molar-refractivity contribution in [3.63, 3.8) is 0 Å². The molecule has 0 spiro atoms. The summed E-state index contributed by atoms with van der Waals surface area (Å²) < 4.78 is 14.8. The minimum Gasteiger partial charge on any atom is -0.260 e. The fraction of sp³-hybridized carbons (Fsp3) is 0.154. The molecule has 0 aliphatic rings. The molecule has 0 amide bonds. The molecule has 0 aliphatic carbocycles. The van der Waals surface area contributed by atoms with Crippen molar-refractivity contribution in [2.45, 2.75) is 11.4 Å². The summed E-state index contributed by atoms with van der Waals surface area (Å²) in [4.78, 5) is 5.28. The lowest BCUT2D eigenvalue weighted by molar-refractivity contribution is 0.554. The highest BCUT2D eigenvalue weighted by Crippen LogP contribution is 2.22. The maximum atomic E-state index is 12.7. The van der Waals surface area contributed by atoms with Crippen LogP contribution in [0.1, 0.15) is 5.69 Å². The molecule has 0 saturated heterocycles. The third kappa shape index (κ3) is 3.84. The molecule has 1 aromatic carbocycles. The molecule has 0 N–H and O–H groups in total. The van der Waals surface area contributed by atoms with E-state index in [1.807, 2.05) is 25.2 Å². The van der Waals surface area contributed by atoms with E-state index in [1.54, 1.807) is 30.3 Å². The Morgan fingerprint density at radius 2 is 1.94 bits per heavy atom. The Kier molecular flexibility index (Phi) is 4.12. The van der Waals surface area contributed by atoms with Gasteiger partial charge in [0.1, 0.15) is 5.82 Å². The van der Waals surface area contributed by atoms with Crippen molar-refractivity contribution in [1.29, 1.82) is 0 Å². The lowest BCUT2D eigenvalue weighted by Gasteiger charge is -2.14. The molecule has 1 aromatic heterocycles. The van der Waals surface area contributed by atoms with Crippen LogP contribution >= 0.6 is 11.9 Å². The molecule has 17 heavy (non-hydrogen) atoms. The zero-order chi connectivity index (χ0) is 12.1. The summed E-state index contributed by atoms with van der Waals surface area (Å²) in [5.74, 6) is -0.207. The first-order valence-corrected chi connectivity index (χ1v) is 6.06. The molecule has 0 aliphatic heterocycles. The molecular formula is C13H13FN2S. The van der Waals surface area contributed by atoms with Crippen molar-refractivity contribution in [2.24, 2.45) is 0 Å². The Morgan fingerprint density at radius 1 is 1.18 bits per heavy atom. The molecule has 0 saturated carbocycles. The predicted octanol–water partition coefficient (Wildman–Crippen LogP) is 3.36. The summed E-state index contributed by atoms with van der Waals surface area (Å²) in [5, 5.41) is 0. The molecule has 88 valence electrons. The maximum absolute atomic E-state index is 12.7. The van der Waals surface area contributed by atoms with Crippen LogP contribution in [0.25, 0.3) is 0 Å². The van der Waals surface area contributed by atoms with Gasteiger partial charge in [0, 0.05) is 11.1 Å². The van der Waals surface area contributed by atoms with Crippen LogP contribution in [0.5, 0.6) is 0 Å². The maximum Gasteiger partial charge on any atom is 0.123 e. The highest BCUT2D eigenvalue weighted by Gasteiger charge is 2.03. The monoisotopic (exact) mass is 248 g/mol. The zero-order valence-electron chi connectivity index (χ0n) is 9.51. The Hall–Kier alpha value is -1.39. The summed E-state index contributed by atoms with van der Waals surface area (Å²) in [6.07, 6.45) is 1.78. The van der Waals surface area contributed by atoms with Gasteiger partial charge in [-0.05, 0) is 55.4 Å². The zero-order valence-corrected chi connectivity index (χ0v) is 10.3. The lowest BCUT2D eigenvalue weighted by atomic mass is 10.3. The van der Waals surface area contributed by atoms with Crippen molar-refractivity contribution in [1.82, 2.24) is 9.29 Å². The third-order valence-corrected chi connectivity index (χ3v) is 3.11. The average molecular weight is 248 g/mol. The highest BCUT2D eigenvalue weighted by molar-refractivity contribution is 7.97. The summed E-state index contributed by atoms with van der Waals surface area (Å²) >= 11 is 1.57. The van der Waals surface area contributed by atoms with Gasteiger partial charge >= 0.3 is 0 Å². The molecule has 0 bridgehead atoms. The van der Waals surface area contributed by atoms with Gasteiger partial charge in [0.2, 0.25) is 0 Å². The van der Waals surface area contributed by atoms with E-state index in [4.69, 9.17) is 0 Å². The van der Waals surface area contributed by atoms with Crippen molar-refractivity contribution in [3.8, 4) is 0 Å². The fourth-order valence-electron chi connectivity index (χ4n) is 1.43. The van der Waals surface area contributed by atoms with Crippen molar-refractivity contribution in [3.05, 3.63) is 60.2 Å². The van der Waals surface area contributed by atoms with Gasteiger partial charge in [-0.2, -0.15) is 0 Å². The van der Waals surface area contributed by atoms with Crippen molar-refractivity contribution in [2.75, 3.05) is 7.05 Å². The van der Waals surface area contributed by atoms with E-state index >= 15 is 0 Å². The number of hydrogen-bond donors (Lipinski definition) is 0. The second-order valence-corrected chi connectivity index (χ2v) is 4.93. The van der Waals surface area contributed by atoms with Crippen LogP contribution < -0.4 is 0 Å². The standard InChI is InChI=1S/C13H13FN2S/c1-16(10-12-4-2-3-9-15-12)17-13-7-5-11(14)6-8-13/h2-9H,10H2,1H3. The second kappa shape index (κ2) is 5.80. The van der Waals surface area contributed by atoms with Gasteiger partial charge in [0.25, 0.3) is 0 Å². The van der Waals surface area contributed by atoms with Crippen LogP contribution in [-0.2, 0) is 6.54 Å². The minimum atomic E-state index is -0.207. The van der Waals surface area contributed by atoms with Crippen LogP contribution in [0.4, 0.5) is 4.39 Å². The molecule has 1 heterocycles. The van der Waals surface area contributed by atoms with Crippen LogP contribution in [0.15, 0.2) is 53.6 Å². The first-order chi connectivity index (χ1) is 8.24. The summed E-state index contributed by atoms with van der Waals surface area (Å²) in [7, 11) is 1.99. The number of halogens is 1. The average Bonchev–Trinajstić information content (AvgIpc) is 2.33. The van der Waals surface area contributed by atoms with E-state index in [0.717, 1.165) is 17.1 Å². The molecular weight excluding hydrogens is 235 g/mol. The van der Waals surface area contributed by atoms with Gasteiger partial charge in [-0.1, -0.05) is 6.07 Å². The Labute approximate surface area is 105 Å². The van der Waals surface area contributed by atoms with Crippen molar-refractivity contribution >= 4 is 11.9 Å². The largest absolute Gasteiger partial charge is 0.260 e. The van der Waals surface area contributed by atoms with Crippen LogP contribution in [0.3, 0.4) is 0 Å². The van der Waals surface area contributed by atoms with E-state index in [2.05, 4.69) is 9.29 Å². The fourth-order valence-corrected chi connectivity index (χ4v) is 2.24. The minimum absolute atomic E-state index is 0.207. The number of pyridine rings is 1. The van der Waals surface area contributed by atoms with E-state index < -0.39 is 0 Å². The topological polar surface area (TPSA) is 16.1 Å². The SMILES string of the molecule is CN(Cc1ccccn1)Sc1ccc(F)cc1. The van der Waals surface area contributed by atoms with E-state index in [0.29, 0.717) is 0 Å². The van der Waals surface area contributed by atoms with Gasteiger partial charge in [-0.15, -0.1) is 0 Å². The predicted molar refractivity (Wildman–Crippen MR) is 68.0 cm³/mol. The second-order valence-electron chi connectivity index (χ2n) is 3.65. The van der Waals surface area contributed by atoms with Crippen molar-refractivity contribution < 1.29 is 4.39 Å². The molecule has 4 heteroatoms. The van der Waals surface area contributed by atoms with Gasteiger partial charge in [-0.25, -0.2) is 8.70 Å². The van der Waals surface area contributed by atoms with Crippen LogP contribution in [-0.4, -0.2) is 16.3 Å². The van der Waals surface area contributed by atoms with E-state index in [-0.39, 0.29) is 5.82 Å². The normalized spacial score (nSPS) is 10.8. The number of rotatable bonds is 4. The van der Waals surface area contributed by atoms with E-state index in [1.165, 1.54) is 12.1 Å². The number of benzene rings is 1. The molecule has 0 radical (unpaired) electrons. The first kappa shape index (κ1) is 12.1. The van der Waals surface area contributed by atoms with Gasteiger partial charge < -0.3 is 0 Å². The number of aromatic nitrogens is 1. The Bertz CT molecular complexity index is 459. The van der Waals surface area contributed by atoms with E-state index in [9.17, 15) is 4.39 Å². The highest BCUT2D eigenvalue weighted by atomic mass is 32.2. The number of hydrogen-bond acceptors (Lipinski definition) is 3. The van der Waals surface area contributed by atoms with Crippen LogP contribution in [0.2, 0.25) is 0 Å². The van der Waals surface area contributed by atoms with Crippen LogP contribution in [0, 0.1) is 5.82 Å². The molecule has 2 rings (SSSR count). The molecule has 0 atom stereocenters. The first-order valence-electron chi connectivity index (χ1n) is 5.28. The summed E-state index contributed by atoms with van der Waals surface area (Å²) in [6, 6.07) is 12.3. The van der Waals surface area contributed by atoms with Gasteiger partial charge in [0.15, 0.2) is 0 Å².